The number of hydrogen-bond donors (Lipinski definition) is 0. The Balaban J connectivity index is 1.75. The Bertz CT molecular complexity index is 976. The van der Waals surface area contributed by atoms with Gasteiger partial charge in [0.25, 0.3) is 5.69 Å². The van der Waals surface area contributed by atoms with Gasteiger partial charge in [-0.15, -0.1) is 0 Å². The zero-order valence-corrected chi connectivity index (χ0v) is 17.9. The van der Waals surface area contributed by atoms with Gasteiger partial charge in [-0.3, -0.25) is 10.1 Å². The molecule has 3 rings (SSSR count). The van der Waals surface area contributed by atoms with E-state index in [2.05, 4.69) is 0 Å². The van der Waals surface area contributed by atoms with E-state index in [0.29, 0.717) is 50.8 Å². The van der Waals surface area contributed by atoms with E-state index in [1.807, 2.05) is 42.3 Å². The van der Waals surface area contributed by atoms with Crippen molar-refractivity contribution in [2.24, 2.45) is 0 Å². The molecule has 1 fully saturated rings. The molecule has 0 aliphatic carbocycles. The molecule has 0 bridgehead atoms. The van der Waals surface area contributed by atoms with Crippen molar-refractivity contribution < 1.29 is 18.1 Å². The van der Waals surface area contributed by atoms with Gasteiger partial charge < -0.3 is 14.5 Å². The Kier molecular flexibility index (Phi) is 6.91. The number of nitro benzene ring substituents is 1. The van der Waals surface area contributed by atoms with Gasteiger partial charge in [-0.25, -0.2) is 8.42 Å². The fraction of sp³-hybridized carbons (Fsp3) is 0.400. The molecule has 0 radical (unpaired) electrons. The third-order valence-electron chi connectivity index (χ3n) is 5.09. The maximum Gasteiger partial charge on any atom is 0.293 e. The largest absolute Gasteiger partial charge is 0.492 e. The van der Waals surface area contributed by atoms with E-state index in [4.69, 9.17) is 4.74 Å². The molecule has 0 saturated carbocycles. The summed E-state index contributed by atoms with van der Waals surface area (Å²) in [6.45, 7) is 2.72. The zero-order chi connectivity index (χ0) is 21.7. The Morgan fingerprint density at radius 2 is 1.77 bits per heavy atom. The first-order chi connectivity index (χ1) is 14.3. The van der Waals surface area contributed by atoms with Crippen molar-refractivity contribution in [3.05, 3.63) is 58.6 Å². The Morgan fingerprint density at radius 3 is 2.40 bits per heavy atom. The predicted octanol–water partition coefficient (Wildman–Crippen LogP) is 2.05. The first-order valence-electron chi connectivity index (χ1n) is 9.65. The van der Waals surface area contributed by atoms with Crippen LogP contribution >= 0.6 is 0 Å². The highest BCUT2D eigenvalue weighted by Gasteiger charge is 2.30. The smallest absolute Gasteiger partial charge is 0.293 e. The topological polar surface area (TPSA) is 96.2 Å². The number of benzene rings is 2. The lowest BCUT2D eigenvalue weighted by Gasteiger charge is -2.31. The van der Waals surface area contributed by atoms with Gasteiger partial charge in [-0.05, 0) is 31.3 Å². The summed E-state index contributed by atoms with van der Waals surface area (Å²) in [5, 5.41) is 11.7. The molecule has 1 aliphatic heterocycles. The van der Waals surface area contributed by atoms with Crippen LogP contribution in [0.2, 0.25) is 0 Å². The normalized spacial score (nSPS) is 15.7. The molecule has 2 aromatic rings. The number of nitrogens with zero attached hydrogens (tertiary/aromatic N) is 4. The summed E-state index contributed by atoms with van der Waals surface area (Å²) in [5.41, 5.74) is 0.0985. The van der Waals surface area contributed by atoms with Crippen molar-refractivity contribution in [2.45, 2.75) is 4.90 Å². The molecule has 30 heavy (non-hydrogen) atoms. The fourth-order valence-corrected chi connectivity index (χ4v) is 4.69. The average molecular weight is 435 g/mol. The van der Waals surface area contributed by atoms with Gasteiger partial charge in [-0.2, -0.15) is 4.31 Å². The third kappa shape index (κ3) is 5.07. The second-order valence-electron chi connectivity index (χ2n) is 7.20. The quantitative estimate of drug-likeness (QED) is 0.463. The first-order valence-corrected chi connectivity index (χ1v) is 11.1. The van der Waals surface area contributed by atoms with Crippen LogP contribution in [0.1, 0.15) is 0 Å². The van der Waals surface area contributed by atoms with Gasteiger partial charge in [0, 0.05) is 39.3 Å². The van der Waals surface area contributed by atoms with Crippen LogP contribution in [0, 0.1) is 10.1 Å². The van der Waals surface area contributed by atoms with E-state index in [1.54, 1.807) is 11.9 Å². The number of rotatable bonds is 8. The molecule has 162 valence electrons. The lowest BCUT2D eigenvalue weighted by Crippen LogP contribution is -2.47. The highest BCUT2D eigenvalue weighted by Crippen LogP contribution is 2.31. The van der Waals surface area contributed by atoms with Gasteiger partial charge in [0.1, 0.15) is 18.0 Å². The molecule has 2 aromatic carbocycles. The van der Waals surface area contributed by atoms with E-state index in [9.17, 15) is 18.5 Å². The van der Waals surface area contributed by atoms with E-state index in [0.717, 1.165) is 6.07 Å². The molecule has 10 heteroatoms. The maximum absolute atomic E-state index is 12.9. The minimum absolute atomic E-state index is 0.0589. The SMILES string of the molecule is CN1CCN(S(=O)(=O)c2ccc(N(C)CCOc3ccccc3)c([N+](=O)[O-])c2)CC1. The molecule has 0 spiro atoms. The van der Waals surface area contributed by atoms with Gasteiger partial charge in [0.05, 0.1) is 16.4 Å². The monoisotopic (exact) mass is 434 g/mol. The Morgan fingerprint density at radius 1 is 1.10 bits per heavy atom. The summed E-state index contributed by atoms with van der Waals surface area (Å²) in [6.07, 6.45) is 0. The second kappa shape index (κ2) is 9.41. The van der Waals surface area contributed by atoms with Crippen LogP contribution < -0.4 is 9.64 Å². The Hall–Kier alpha value is -2.69. The van der Waals surface area contributed by atoms with Gasteiger partial charge in [0.15, 0.2) is 0 Å². The number of nitro groups is 1. The molecule has 9 nitrogen and oxygen atoms in total. The van der Waals surface area contributed by atoms with Crippen molar-refractivity contribution in [1.82, 2.24) is 9.21 Å². The lowest BCUT2D eigenvalue weighted by atomic mass is 10.2. The van der Waals surface area contributed by atoms with Crippen molar-refractivity contribution in [1.29, 1.82) is 0 Å². The fourth-order valence-electron chi connectivity index (χ4n) is 3.25. The molecule has 0 amide bonds. The van der Waals surface area contributed by atoms with Gasteiger partial charge >= 0.3 is 0 Å². The van der Waals surface area contributed by atoms with Crippen LogP contribution in [-0.4, -0.2) is 76.0 Å². The van der Waals surface area contributed by atoms with Crippen LogP contribution in [0.3, 0.4) is 0 Å². The first kappa shape index (κ1) is 22.0. The Labute approximate surface area is 176 Å². The predicted molar refractivity (Wildman–Crippen MR) is 115 cm³/mol. The summed E-state index contributed by atoms with van der Waals surface area (Å²) in [6, 6.07) is 13.4. The summed E-state index contributed by atoms with van der Waals surface area (Å²) in [5.74, 6) is 0.717. The number of anilines is 1. The highest BCUT2D eigenvalue weighted by atomic mass is 32.2. The lowest BCUT2D eigenvalue weighted by molar-refractivity contribution is -0.384. The van der Waals surface area contributed by atoms with Crippen molar-refractivity contribution in [3.63, 3.8) is 0 Å². The summed E-state index contributed by atoms with van der Waals surface area (Å²) in [7, 11) is -0.133. The molecule has 0 aromatic heterocycles. The van der Waals surface area contributed by atoms with Crippen LogP contribution in [-0.2, 0) is 10.0 Å². The molecular weight excluding hydrogens is 408 g/mol. The third-order valence-corrected chi connectivity index (χ3v) is 6.99. The molecule has 0 atom stereocenters. The van der Waals surface area contributed by atoms with Crippen LogP contribution in [0.25, 0.3) is 0 Å². The van der Waals surface area contributed by atoms with Gasteiger partial charge in [-0.1, -0.05) is 18.2 Å². The van der Waals surface area contributed by atoms with E-state index in [1.165, 1.54) is 16.4 Å². The van der Waals surface area contributed by atoms with Crippen LogP contribution in [0.15, 0.2) is 53.4 Å². The molecule has 1 heterocycles. The highest BCUT2D eigenvalue weighted by molar-refractivity contribution is 7.89. The molecule has 1 saturated heterocycles. The number of hydrogen-bond acceptors (Lipinski definition) is 7. The average Bonchev–Trinajstić information content (AvgIpc) is 2.74. The van der Waals surface area contributed by atoms with E-state index < -0.39 is 14.9 Å². The van der Waals surface area contributed by atoms with E-state index >= 15 is 0 Å². The molecule has 1 aliphatic rings. The number of para-hydroxylation sites is 1. The van der Waals surface area contributed by atoms with Crippen molar-refractivity contribution >= 4 is 21.4 Å². The number of likely N-dealkylation sites (N-methyl/N-ethyl adjacent to an activating group) is 2. The molecule has 0 N–H and O–H groups in total. The van der Waals surface area contributed by atoms with Crippen LogP contribution in [0.4, 0.5) is 11.4 Å². The molecular formula is C20H26N4O5S. The summed E-state index contributed by atoms with van der Waals surface area (Å²) in [4.78, 5) is 14.8. The number of ether oxygens (including phenoxy) is 1. The van der Waals surface area contributed by atoms with Crippen molar-refractivity contribution in [3.8, 4) is 5.75 Å². The minimum Gasteiger partial charge on any atom is -0.492 e. The number of sulfonamides is 1. The zero-order valence-electron chi connectivity index (χ0n) is 17.1. The summed E-state index contributed by atoms with van der Waals surface area (Å²) >= 11 is 0. The van der Waals surface area contributed by atoms with Crippen LogP contribution in [0.5, 0.6) is 5.75 Å². The minimum atomic E-state index is -3.78. The standard InChI is InChI=1S/C20H26N4O5S/c1-21-10-12-23(13-11-21)30(27,28)18-8-9-19(20(16-18)24(25)26)22(2)14-15-29-17-6-4-3-5-7-17/h3-9,16H,10-15H2,1-2H3. The van der Waals surface area contributed by atoms with E-state index in [-0.39, 0.29) is 10.6 Å². The van der Waals surface area contributed by atoms with Gasteiger partial charge in [0.2, 0.25) is 10.0 Å². The maximum atomic E-state index is 12.9. The summed E-state index contributed by atoms with van der Waals surface area (Å²) < 4.78 is 32.9. The van der Waals surface area contributed by atoms with Crippen molar-refractivity contribution in [2.75, 3.05) is 58.3 Å². The number of piperazine rings is 1. The molecule has 0 unspecified atom stereocenters. The second-order valence-corrected chi connectivity index (χ2v) is 9.14.